The first-order chi connectivity index (χ1) is 11.4. The summed E-state index contributed by atoms with van der Waals surface area (Å²) in [6, 6.07) is 5.92. The molecule has 6 nitrogen and oxygen atoms in total. The third-order valence-corrected chi connectivity index (χ3v) is 4.35. The molecule has 1 atom stereocenters. The molecule has 1 aromatic heterocycles. The van der Waals surface area contributed by atoms with Gasteiger partial charge in [0.25, 0.3) is 0 Å². The molecule has 0 radical (unpaired) electrons. The van der Waals surface area contributed by atoms with Gasteiger partial charge in [-0.1, -0.05) is 23.9 Å². The number of anilines is 1. The lowest BCUT2D eigenvalue weighted by atomic mass is 10.1. The second-order valence-electron chi connectivity index (χ2n) is 5.39. The van der Waals surface area contributed by atoms with Crippen molar-refractivity contribution in [3.63, 3.8) is 0 Å². The highest BCUT2D eigenvalue weighted by molar-refractivity contribution is 8.00. The molecule has 0 aliphatic rings. The van der Waals surface area contributed by atoms with Crippen molar-refractivity contribution in [1.29, 1.82) is 0 Å². The molecule has 1 aromatic carbocycles. The SMILES string of the molecule is CCOC(=O)c1cnc(SC(C)C(=O)Nc2cc(C)ccc2C)[nH]1. The highest BCUT2D eigenvalue weighted by atomic mass is 32.2. The zero-order valence-corrected chi connectivity index (χ0v) is 15.0. The van der Waals surface area contributed by atoms with E-state index < -0.39 is 5.97 Å². The Kier molecular flexibility index (Phi) is 6.03. The number of benzene rings is 1. The number of H-pyrrole nitrogens is 1. The lowest BCUT2D eigenvalue weighted by Crippen LogP contribution is -2.23. The summed E-state index contributed by atoms with van der Waals surface area (Å²) in [6.07, 6.45) is 1.41. The van der Waals surface area contributed by atoms with Gasteiger partial charge in [-0.25, -0.2) is 9.78 Å². The summed E-state index contributed by atoms with van der Waals surface area (Å²) < 4.78 is 4.90. The van der Waals surface area contributed by atoms with Crippen LogP contribution < -0.4 is 5.32 Å². The van der Waals surface area contributed by atoms with Gasteiger partial charge in [-0.3, -0.25) is 4.79 Å². The fourth-order valence-electron chi connectivity index (χ4n) is 2.00. The maximum absolute atomic E-state index is 12.4. The van der Waals surface area contributed by atoms with Crippen molar-refractivity contribution in [3.8, 4) is 0 Å². The first-order valence-electron chi connectivity index (χ1n) is 7.67. The van der Waals surface area contributed by atoms with E-state index in [2.05, 4.69) is 15.3 Å². The van der Waals surface area contributed by atoms with E-state index in [0.717, 1.165) is 16.8 Å². The third kappa shape index (κ3) is 4.61. The van der Waals surface area contributed by atoms with Crippen LogP contribution in [0.25, 0.3) is 0 Å². The van der Waals surface area contributed by atoms with Gasteiger partial charge in [-0.05, 0) is 44.9 Å². The lowest BCUT2D eigenvalue weighted by Gasteiger charge is -2.13. The highest BCUT2D eigenvalue weighted by Gasteiger charge is 2.18. The van der Waals surface area contributed by atoms with Gasteiger partial charge in [0.2, 0.25) is 5.91 Å². The average Bonchev–Trinajstić information content (AvgIpc) is 2.99. The first-order valence-corrected chi connectivity index (χ1v) is 8.55. The number of esters is 1. The van der Waals surface area contributed by atoms with E-state index in [1.807, 2.05) is 32.0 Å². The number of rotatable bonds is 6. The van der Waals surface area contributed by atoms with Crippen molar-refractivity contribution in [2.75, 3.05) is 11.9 Å². The van der Waals surface area contributed by atoms with Crippen LogP contribution in [0, 0.1) is 13.8 Å². The Morgan fingerprint density at radius 1 is 1.38 bits per heavy atom. The molecule has 7 heteroatoms. The molecule has 1 heterocycles. The summed E-state index contributed by atoms with van der Waals surface area (Å²) >= 11 is 1.25. The molecule has 0 bridgehead atoms. The summed E-state index contributed by atoms with van der Waals surface area (Å²) in [4.78, 5) is 30.9. The standard InChI is InChI=1S/C17H21N3O3S/c1-5-23-16(22)14-9-18-17(20-14)24-12(4)15(21)19-13-8-10(2)6-7-11(13)3/h6-9,12H,5H2,1-4H3,(H,18,20)(H,19,21). The van der Waals surface area contributed by atoms with Crippen LogP contribution in [-0.2, 0) is 9.53 Å². The number of ether oxygens (including phenoxy) is 1. The van der Waals surface area contributed by atoms with Crippen LogP contribution in [-0.4, -0.2) is 33.7 Å². The van der Waals surface area contributed by atoms with Crippen molar-refractivity contribution in [2.45, 2.75) is 38.1 Å². The number of aryl methyl sites for hydroxylation is 2. The van der Waals surface area contributed by atoms with Crippen molar-refractivity contribution >= 4 is 29.3 Å². The summed E-state index contributed by atoms with van der Waals surface area (Å²) in [5, 5.41) is 3.06. The fraction of sp³-hybridized carbons (Fsp3) is 0.353. The van der Waals surface area contributed by atoms with Crippen LogP contribution in [0.15, 0.2) is 29.6 Å². The Hall–Kier alpha value is -2.28. The monoisotopic (exact) mass is 347 g/mol. The number of thioether (sulfide) groups is 1. The van der Waals surface area contributed by atoms with Crippen LogP contribution in [0.5, 0.6) is 0 Å². The van der Waals surface area contributed by atoms with Gasteiger partial charge < -0.3 is 15.0 Å². The van der Waals surface area contributed by atoms with Gasteiger partial charge in [0.05, 0.1) is 18.1 Å². The summed E-state index contributed by atoms with van der Waals surface area (Å²) in [5.74, 6) is -0.577. The Labute approximate surface area is 145 Å². The van der Waals surface area contributed by atoms with Crippen LogP contribution in [0.3, 0.4) is 0 Å². The zero-order valence-electron chi connectivity index (χ0n) is 14.2. The van der Waals surface area contributed by atoms with Gasteiger partial charge in [-0.15, -0.1) is 0 Å². The normalized spacial score (nSPS) is 11.8. The number of aromatic amines is 1. The lowest BCUT2D eigenvalue weighted by molar-refractivity contribution is -0.115. The van der Waals surface area contributed by atoms with E-state index in [1.54, 1.807) is 13.8 Å². The number of carbonyl (C=O) groups excluding carboxylic acids is 2. The second-order valence-corrected chi connectivity index (χ2v) is 6.72. The summed E-state index contributed by atoms with van der Waals surface area (Å²) in [6.45, 7) is 7.76. The number of nitrogens with one attached hydrogen (secondary N) is 2. The first kappa shape index (κ1) is 18.1. The molecule has 0 aliphatic heterocycles. The number of imidazole rings is 1. The number of hydrogen-bond acceptors (Lipinski definition) is 5. The molecule has 2 N–H and O–H groups in total. The second kappa shape index (κ2) is 8.01. The van der Waals surface area contributed by atoms with Crippen molar-refractivity contribution in [3.05, 3.63) is 41.2 Å². The van der Waals surface area contributed by atoms with Crippen LogP contribution in [0.4, 0.5) is 5.69 Å². The average molecular weight is 347 g/mol. The molecule has 0 aliphatic carbocycles. The summed E-state index contributed by atoms with van der Waals surface area (Å²) in [7, 11) is 0. The highest BCUT2D eigenvalue weighted by Crippen LogP contribution is 2.23. The minimum atomic E-state index is -0.454. The van der Waals surface area contributed by atoms with E-state index in [1.165, 1.54) is 18.0 Å². The van der Waals surface area contributed by atoms with E-state index in [9.17, 15) is 9.59 Å². The molecule has 128 valence electrons. The quantitative estimate of drug-likeness (QED) is 0.618. The van der Waals surface area contributed by atoms with Crippen LogP contribution >= 0.6 is 11.8 Å². The number of amides is 1. The largest absolute Gasteiger partial charge is 0.461 e. The molecule has 0 saturated heterocycles. The Morgan fingerprint density at radius 2 is 2.12 bits per heavy atom. The van der Waals surface area contributed by atoms with Gasteiger partial charge in [0.15, 0.2) is 5.16 Å². The maximum Gasteiger partial charge on any atom is 0.356 e. The van der Waals surface area contributed by atoms with Crippen LogP contribution in [0.2, 0.25) is 0 Å². The molecule has 2 aromatic rings. The van der Waals surface area contributed by atoms with Crippen molar-refractivity contribution < 1.29 is 14.3 Å². The molecular weight excluding hydrogens is 326 g/mol. The zero-order chi connectivity index (χ0) is 17.7. The minimum absolute atomic E-state index is 0.122. The molecule has 1 amide bonds. The Bertz CT molecular complexity index is 742. The van der Waals surface area contributed by atoms with E-state index in [4.69, 9.17) is 4.74 Å². The van der Waals surface area contributed by atoms with Crippen molar-refractivity contribution in [1.82, 2.24) is 9.97 Å². The molecule has 0 saturated carbocycles. The van der Waals surface area contributed by atoms with Crippen LogP contribution in [0.1, 0.15) is 35.5 Å². The Balaban J connectivity index is 1.99. The predicted octanol–water partition coefficient (Wildman–Crippen LogP) is 3.32. The predicted molar refractivity (Wildman–Crippen MR) is 94.4 cm³/mol. The maximum atomic E-state index is 12.4. The molecule has 2 rings (SSSR count). The van der Waals surface area contributed by atoms with Gasteiger partial charge in [0, 0.05) is 5.69 Å². The minimum Gasteiger partial charge on any atom is -0.461 e. The third-order valence-electron chi connectivity index (χ3n) is 3.36. The Morgan fingerprint density at radius 3 is 2.83 bits per heavy atom. The molecule has 24 heavy (non-hydrogen) atoms. The fourth-order valence-corrected chi connectivity index (χ4v) is 2.78. The van der Waals surface area contributed by atoms with E-state index in [-0.39, 0.29) is 16.9 Å². The summed E-state index contributed by atoms with van der Waals surface area (Å²) in [5.41, 5.74) is 3.18. The molecular formula is C17H21N3O3S. The smallest absolute Gasteiger partial charge is 0.356 e. The van der Waals surface area contributed by atoms with Crippen molar-refractivity contribution in [2.24, 2.45) is 0 Å². The molecule has 0 fully saturated rings. The van der Waals surface area contributed by atoms with Gasteiger partial charge in [-0.2, -0.15) is 0 Å². The number of nitrogens with zero attached hydrogens (tertiary/aromatic N) is 1. The van der Waals surface area contributed by atoms with Gasteiger partial charge >= 0.3 is 5.97 Å². The molecule has 1 unspecified atom stereocenters. The molecule has 0 spiro atoms. The number of carbonyl (C=O) groups is 2. The number of hydrogen-bond donors (Lipinski definition) is 2. The topological polar surface area (TPSA) is 84.1 Å². The number of aromatic nitrogens is 2. The van der Waals surface area contributed by atoms with Gasteiger partial charge in [0.1, 0.15) is 5.69 Å². The van der Waals surface area contributed by atoms with E-state index in [0.29, 0.717) is 11.8 Å². The van der Waals surface area contributed by atoms with E-state index >= 15 is 0 Å².